The number of hydrogen-bond acceptors (Lipinski definition) is 3. The highest BCUT2D eigenvalue weighted by molar-refractivity contribution is 6.33. The number of benzene rings is 1. The number of nitrogens with zero attached hydrogens (tertiary/aromatic N) is 1. The van der Waals surface area contributed by atoms with Crippen molar-refractivity contribution >= 4 is 34.7 Å². The first-order valence-electron chi connectivity index (χ1n) is 6.51. The second kappa shape index (κ2) is 5.51. The lowest BCUT2D eigenvalue weighted by atomic mass is 10.3. The van der Waals surface area contributed by atoms with Crippen LogP contribution in [0.15, 0.2) is 42.6 Å². The van der Waals surface area contributed by atoms with Gasteiger partial charge >= 0.3 is 0 Å². The molecule has 20 heavy (non-hydrogen) atoms. The molecule has 0 aliphatic heterocycles. The standard InChI is InChI=1S/C15H14ClN3O/c16-12-3-1-2-4-13(12)18-11-7-8-14(17-9-11)19-15(20)10-5-6-10/h1-4,7-10,18H,5-6H2,(H,17,19,20). The van der Waals surface area contributed by atoms with Gasteiger partial charge in [0.15, 0.2) is 0 Å². The maximum absolute atomic E-state index is 11.6. The number of aromatic nitrogens is 1. The SMILES string of the molecule is O=C(Nc1ccc(Nc2ccccc2Cl)cn1)C1CC1. The van der Waals surface area contributed by atoms with Crippen molar-refractivity contribution in [2.45, 2.75) is 12.8 Å². The van der Waals surface area contributed by atoms with Crippen LogP contribution in [0.5, 0.6) is 0 Å². The van der Waals surface area contributed by atoms with E-state index in [9.17, 15) is 4.79 Å². The van der Waals surface area contributed by atoms with E-state index in [1.54, 1.807) is 12.3 Å². The molecule has 1 aliphatic rings. The van der Waals surface area contributed by atoms with Crippen LogP contribution in [-0.4, -0.2) is 10.9 Å². The summed E-state index contributed by atoms with van der Waals surface area (Å²) in [6.45, 7) is 0. The molecular weight excluding hydrogens is 274 g/mol. The van der Waals surface area contributed by atoms with E-state index in [-0.39, 0.29) is 11.8 Å². The Labute approximate surface area is 122 Å². The molecule has 0 saturated heterocycles. The van der Waals surface area contributed by atoms with Gasteiger partial charge in [-0.05, 0) is 37.1 Å². The van der Waals surface area contributed by atoms with Crippen molar-refractivity contribution in [1.29, 1.82) is 0 Å². The molecule has 0 spiro atoms. The lowest BCUT2D eigenvalue weighted by Gasteiger charge is -2.09. The molecule has 0 atom stereocenters. The molecule has 1 aromatic heterocycles. The van der Waals surface area contributed by atoms with Crippen LogP contribution in [0, 0.1) is 5.92 Å². The molecule has 0 bridgehead atoms. The Morgan fingerprint density at radius 3 is 2.65 bits per heavy atom. The van der Waals surface area contributed by atoms with Gasteiger partial charge in [-0.3, -0.25) is 4.79 Å². The summed E-state index contributed by atoms with van der Waals surface area (Å²) in [7, 11) is 0. The van der Waals surface area contributed by atoms with Gasteiger partial charge in [-0.2, -0.15) is 0 Å². The van der Waals surface area contributed by atoms with Gasteiger partial charge in [-0.25, -0.2) is 4.98 Å². The van der Waals surface area contributed by atoms with E-state index < -0.39 is 0 Å². The molecule has 2 N–H and O–H groups in total. The molecule has 1 aromatic carbocycles. The van der Waals surface area contributed by atoms with Crippen molar-refractivity contribution in [2.24, 2.45) is 5.92 Å². The summed E-state index contributed by atoms with van der Waals surface area (Å²) in [5.74, 6) is 0.814. The Bertz CT molecular complexity index is 623. The fourth-order valence-electron chi connectivity index (χ4n) is 1.83. The summed E-state index contributed by atoms with van der Waals surface area (Å²) in [5, 5.41) is 6.63. The fraction of sp³-hybridized carbons (Fsp3) is 0.200. The quantitative estimate of drug-likeness (QED) is 0.898. The first-order valence-corrected chi connectivity index (χ1v) is 6.88. The number of carbonyl (C=O) groups excluding carboxylic acids is 1. The number of anilines is 3. The van der Waals surface area contributed by atoms with E-state index in [1.807, 2.05) is 30.3 Å². The average molecular weight is 288 g/mol. The van der Waals surface area contributed by atoms with Crippen molar-refractivity contribution in [1.82, 2.24) is 4.98 Å². The van der Waals surface area contributed by atoms with Gasteiger partial charge in [0.1, 0.15) is 5.82 Å². The number of pyridine rings is 1. The highest BCUT2D eigenvalue weighted by Crippen LogP contribution is 2.30. The van der Waals surface area contributed by atoms with Gasteiger partial charge < -0.3 is 10.6 Å². The average Bonchev–Trinajstić information content (AvgIpc) is 3.28. The first-order chi connectivity index (χ1) is 9.72. The second-order valence-corrected chi connectivity index (χ2v) is 5.21. The number of rotatable bonds is 4. The minimum Gasteiger partial charge on any atom is -0.353 e. The zero-order valence-corrected chi connectivity index (χ0v) is 11.5. The predicted molar refractivity (Wildman–Crippen MR) is 80.3 cm³/mol. The third-order valence-electron chi connectivity index (χ3n) is 3.12. The van der Waals surface area contributed by atoms with Gasteiger partial charge in [0.05, 0.1) is 22.6 Å². The molecule has 4 nitrogen and oxygen atoms in total. The molecule has 2 aromatic rings. The summed E-state index contributed by atoms with van der Waals surface area (Å²) in [5.41, 5.74) is 1.65. The summed E-state index contributed by atoms with van der Waals surface area (Å²) < 4.78 is 0. The Balaban J connectivity index is 1.66. The Hall–Kier alpha value is -2.07. The smallest absolute Gasteiger partial charge is 0.228 e. The zero-order chi connectivity index (χ0) is 13.9. The topological polar surface area (TPSA) is 54.0 Å². The number of nitrogens with one attached hydrogen (secondary N) is 2. The third-order valence-corrected chi connectivity index (χ3v) is 3.45. The first kappa shape index (κ1) is 12.9. The lowest BCUT2D eigenvalue weighted by molar-refractivity contribution is -0.117. The molecule has 1 heterocycles. The summed E-state index contributed by atoms with van der Waals surface area (Å²) in [4.78, 5) is 15.8. The monoisotopic (exact) mass is 287 g/mol. The normalized spacial score (nSPS) is 13.8. The number of halogens is 1. The molecule has 1 aliphatic carbocycles. The van der Waals surface area contributed by atoms with Gasteiger partial charge in [0.25, 0.3) is 0 Å². The number of para-hydroxylation sites is 1. The van der Waals surface area contributed by atoms with E-state index in [0.717, 1.165) is 24.2 Å². The van der Waals surface area contributed by atoms with E-state index in [2.05, 4.69) is 15.6 Å². The van der Waals surface area contributed by atoms with Crippen molar-refractivity contribution in [3.05, 3.63) is 47.6 Å². The predicted octanol–water partition coefficient (Wildman–Crippen LogP) is 3.83. The molecule has 1 fully saturated rings. The molecule has 3 rings (SSSR count). The molecule has 1 amide bonds. The second-order valence-electron chi connectivity index (χ2n) is 4.80. The van der Waals surface area contributed by atoms with Crippen LogP contribution >= 0.6 is 11.6 Å². The number of hydrogen-bond donors (Lipinski definition) is 2. The van der Waals surface area contributed by atoms with E-state index in [4.69, 9.17) is 11.6 Å². The van der Waals surface area contributed by atoms with Crippen molar-refractivity contribution < 1.29 is 4.79 Å². The Morgan fingerprint density at radius 2 is 2.00 bits per heavy atom. The van der Waals surface area contributed by atoms with Crippen LogP contribution in [0.4, 0.5) is 17.2 Å². The van der Waals surface area contributed by atoms with Crippen LogP contribution < -0.4 is 10.6 Å². The maximum atomic E-state index is 11.6. The molecular formula is C15H14ClN3O. The summed E-state index contributed by atoms with van der Waals surface area (Å²) >= 11 is 6.08. The van der Waals surface area contributed by atoms with E-state index in [0.29, 0.717) is 10.8 Å². The maximum Gasteiger partial charge on any atom is 0.228 e. The highest BCUT2D eigenvalue weighted by atomic mass is 35.5. The molecule has 1 saturated carbocycles. The molecule has 0 unspecified atom stereocenters. The van der Waals surface area contributed by atoms with Crippen molar-refractivity contribution in [2.75, 3.05) is 10.6 Å². The van der Waals surface area contributed by atoms with Gasteiger partial charge in [0, 0.05) is 5.92 Å². The fourth-order valence-corrected chi connectivity index (χ4v) is 2.02. The zero-order valence-electron chi connectivity index (χ0n) is 10.8. The Kier molecular flexibility index (Phi) is 3.56. The van der Waals surface area contributed by atoms with Gasteiger partial charge in [-0.1, -0.05) is 23.7 Å². The number of amides is 1. The third kappa shape index (κ3) is 3.08. The highest BCUT2D eigenvalue weighted by Gasteiger charge is 2.29. The van der Waals surface area contributed by atoms with Crippen molar-refractivity contribution in [3.8, 4) is 0 Å². The largest absolute Gasteiger partial charge is 0.353 e. The molecule has 0 radical (unpaired) electrons. The lowest BCUT2D eigenvalue weighted by Crippen LogP contribution is -2.14. The Morgan fingerprint density at radius 1 is 1.20 bits per heavy atom. The van der Waals surface area contributed by atoms with Crippen LogP contribution in [-0.2, 0) is 4.79 Å². The number of carbonyl (C=O) groups is 1. The van der Waals surface area contributed by atoms with Crippen LogP contribution in [0.25, 0.3) is 0 Å². The van der Waals surface area contributed by atoms with E-state index in [1.165, 1.54) is 0 Å². The van der Waals surface area contributed by atoms with E-state index >= 15 is 0 Å². The minimum absolute atomic E-state index is 0.0595. The van der Waals surface area contributed by atoms with Crippen LogP contribution in [0.1, 0.15) is 12.8 Å². The van der Waals surface area contributed by atoms with Crippen LogP contribution in [0.3, 0.4) is 0 Å². The summed E-state index contributed by atoms with van der Waals surface area (Å²) in [6.07, 6.45) is 3.64. The van der Waals surface area contributed by atoms with Gasteiger partial charge in [-0.15, -0.1) is 0 Å². The van der Waals surface area contributed by atoms with Crippen LogP contribution in [0.2, 0.25) is 5.02 Å². The molecule has 102 valence electrons. The summed E-state index contributed by atoms with van der Waals surface area (Å²) in [6, 6.07) is 11.1. The molecule has 5 heteroatoms. The van der Waals surface area contributed by atoms with Crippen molar-refractivity contribution in [3.63, 3.8) is 0 Å². The van der Waals surface area contributed by atoms with Gasteiger partial charge in [0.2, 0.25) is 5.91 Å². The minimum atomic E-state index is 0.0595.